The van der Waals surface area contributed by atoms with E-state index in [9.17, 15) is 4.79 Å². The SMILES string of the molecule is CCCC(C)NC(=O)C(C)Oc1ccc(Cl)cc1[C@H](C)N. The van der Waals surface area contributed by atoms with Crippen molar-refractivity contribution in [3.05, 3.63) is 28.8 Å². The van der Waals surface area contributed by atoms with Gasteiger partial charge in [0.2, 0.25) is 0 Å². The van der Waals surface area contributed by atoms with E-state index in [4.69, 9.17) is 22.1 Å². The molecule has 1 amide bonds. The molecule has 0 aliphatic heterocycles. The molecular formula is C16H25ClN2O2. The Kier molecular flexibility index (Phi) is 6.99. The maximum Gasteiger partial charge on any atom is 0.260 e. The molecule has 1 rings (SSSR count). The van der Waals surface area contributed by atoms with Gasteiger partial charge in [0.25, 0.3) is 5.91 Å². The molecule has 4 nitrogen and oxygen atoms in total. The number of hydrogen-bond donors (Lipinski definition) is 2. The van der Waals surface area contributed by atoms with Crippen molar-refractivity contribution in [2.24, 2.45) is 5.73 Å². The first-order chi connectivity index (χ1) is 9.85. The van der Waals surface area contributed by atoms with E-state index in [-0.39, 0.29) is 18.0 Å². The summed E-state index contributed by atoms with van der Waals surface area (Å²) in [6.45, 7) is 7.66. The van der Waals surface area contributed by atoms with Gasteiger partial charge in [-0.15, -0.1) is 0 Å². The maximum absolute atomic E-state index is 12.1. The number of carbonyl (C=O) groups is 1. The molecule has 0 aromatic heterocycles. The number of nitrogens with two attached hydrogens (primary N) is 1. The summed E-state index contributed by atoms with van der Waals surface area (Å²) in [5.74, 6) is 0.474. The topological polar surface area (TPSA) is 64.3 Å². The second kappa shape index (κ2) is 8.25. The van der Waals surface area contributed by atoms with Crippen LogP contribution in [0.3, 0.4) is 0 Å². The maximum atomic E-state index is 12.1. The third-order valence-corrected chi connectivity index (χ3v) is 3.48. The van der Waals surface area contributed by atoms with Crippen molar-refractivity contribution >= 4 is 17.5 Å². The molecule has 3 atom stereocenters. The monoisotopic (exact) mass is 312 g/mol. The molecule has 5 heteroatoms. The first-order valence-corrected chi connectivity index (χ1v) is 7.75. The molecule has 21 heavy (non-hydrogen) atoms. The largest absolute Gasteiger partial charge is 0.481 e. The number of hydrogen-bond acceptors (Lipinski definition) is 3. The zero-order valence-corrected chi connectivity index (χ0v) is 13.9. The van der Waals surface area contributed by atoms with Crippen LogP contribution in [0.5, 0.6) is 5.75 Å². The average molecular weight is 313 g/mol. The molecular weight excluding hydrogens is 288 g/mol. The van der Waals surface area contributed by atoms with E-state index >= 15 is 0 Å². The van der Waals surface area contributed by atoms with E-state index in [1.165, 1.54) is 0 Å². The van der Waals surface area contributed by atoms with Crippen LogP contribution >= 0.6 is 11.6 Å². The lowest BCUT2D eigenvalue weighted by Crippen LogP contribution is -2.41. The van der Waals surface area contributed by atoms with Gasteiger partial charge in [-0.3, -0.25) is 4.79 Å². The van der Waals surface area contributed by atoms with E-state index in [0.29, 0.717) is 10.8 Å². The number of rotatable bonds is 7. The molecule has 0 spiro atoms. The Bertz CT molecular complexity index is 477. The van der Waals surface area contributed by atoms with Gasteiger partial charge in [-0.05, 0) is 45.4 Å². The van der Waals surface area contributed by atoms with Crippen LogP contribution in [0.15, 0.2) is 18.2 Å². The molecule has 0 bridgehead atoms. The third kappa shape index (κ3) is 5.56. The zero-order chi connectivity index (χ0) is 16.0. The summed E-state index contributed by atoms with van der Waals surface area (Å²) >= 11 is 5.97. The van der Waals surface area contributed by atoms with Gasteiger partial charge >= 0.3 is 0 Å². The van der Waals surface area contributed by atoms with Crippen LogP contribution in [-0.2, 0) is 4.79 Å². The van der Waals surface area contributed by atoms with Gasteiger partial charge in [0.15, 0.2) is 6.10 Å². The molecule has 1 aromatic rings. The molecule has 118 valence electrons. The average Bonchev–Trinajstić information content (AvgIpc) is 2.40. The summed E-state index contributed by atoms with van der Waals surface area (Å²) in [5, 5.41) is 3.54. The van der Waals surface area contributed by atoms with Gasteiger partial charge in [0, 0.05) is 22.7 Å². The summed E-state index contributed by atoms with van der Waals surface area (Å²) in [6, 6.07) is 5.18. The predicted molar refractivity (Wildman–Crippen MR) is 86.7 cm³/mol. The summed E-state index contributed by atoms with van der Waals surface area (Å²) in [5.41, 5.74) is 6.71. The van der Waals surface area contributed by atoms with E-state index < -0.39 is 6.10 Å². The molecule has 0 aliphatic rings. The third-order valence-electron chi connectivity index (χ3n) is 3.25. The van der Waals surface area contributed by atoms with Gasteiger partial charge in [-0.2, -0.15) is 0 Å². The van der Waals surface area contributed by atoms with Crippen molar-refractivity contribution in [2.75, 3.05) is 0 Å². The van der Waals surface area contributed by atoms with Gasteiger partial charge < -0.3 is 15.8 Å². The Hall–Kier alpha value is -1.26. The standard InChI is InChI=1S/C16H25ClN2O2/c1-5-6-10(2)19-16(20)12(4)21-15-8-7-13(17)9-14(15)11(3)18/h7-12H,5-6,18H2,1-4H3,(H,19,20)/t10?,11-,12?/m0/s1. The number of nitrogens with one attached hydrogen (secondary N) is 1. The minimum Gasteiger partial charge on any atom is -0.481 e. The second-order valence-corrected chi connectivity index (χ2v) is 5.87. The lowest BCUT2D eigenvalue weighted by atomic mass is 10.1. The first kappa shape index (κ1) is 17.8. The summed E-state index contributed by atoms with van der Waals surface area (Å²) in [7, 11) is 0. The van der Waals surface area contributed by atoms with Crippen LogP contribution in [0.2, 0.25) is 5.02 Å². The van der Waals surface area contributed by atoms with E-state index in [1.54, 1.807) is 25.1 Å². The highest BCUT2D eigenvalue weighted by atomic mass is 35.5. The lowest BCUT2D eigenvalue weighted by molar-refractivity contribution is -0.127. The molecule has 2 unspecified atom stereocenters. The molecule has 3 N–H and O–H groups in total. The Labute approximate surface area is 132 Å². The number of amides is 1. The smallest absolute Gasteiger partial charge is 0.260 e. The van der Waals surface area contributed by atoms with Crippen LogP contribution in [-0.4, -0.2) is 18.1 Å². The predicted octanol–water partition coefficient (Wildman–Crippen LogP) is 3.43. The van der Waals surface area contributed by atoms with Crippen molar-refractivity contribution in [1.29, 1.82) is 0 Å². The number of halogens is 1. The van der Waals surface area contributed by atoms with Crippen LogP contribution < -0.4 is 15.8 Å². The highest BCUT2D eigenvalue weighted by Crippen LogP contribution is 2.28. The van der Waals surface area contributed by atoms with Crippen LogP contribution in [0.4, 0.5) is 0 Å². The lowest BCUT2D eigenvalue weighted by Gasteiger charge is -2.21. The fourth-order valence-corrected chi connectivity index (χ4v) is 2.27. The molecule has 0 saturated heterocycles. The van der Waals surface area contributed by atoms with Crippen molar-refractivity contribution in [3.8, 4) is 5.75 Å². The number of benzene rings is 1. The molecule has 0 saturated carbocycles. The zero-order valence-electron chi connectivity index (χ0n) is 13.2. The number of carbonyl (C=O) groups excluding carboxylic acids is 1. The molecule has 0 radical (unpaired) electrons. The van der Waals surface area contributed by atoms with Gasteiger partial charge in [0.1, 0.15) is 5.75 Å². The Morgan fingerprint density at radius 3 is 2.62 bits per heavy atom. The minimum absolute atomic E-state index is 0.124. The van der Waals surface area contributed by atoms with Gasteiger partial charge in [-0.1, -0.05) is 24.9 Å². The molecule has 0 heterocycles. The summed E-state index contributed by atoms with van der Waals surface area (Å²) in [4.78, 5) is 12.1. The Morgan fingerprint density at radius 2 is 2.05 bits per heavy atom. The fraction of sp³-hybridized carbons (Fsp3) is 0.562. The van der Waals surface area contributed by atoms with E-state index in [2.05, 4.69) is 12.2 Å². The van der Waals surface area contributed by atoms with Gasteiger partial charge in [-0.25, -0.2) is 0 Å². The molecule has 0 fully saturated rings. The Morgan fingerprint density at radius 1 is 1.38 bits per heavy atom. The summed E-state index contributed by atoms with van der Waals surface area (Å²) < 4.78 is 5.75. The van der Waals surface area contributed by atoms with Crippen LogP contribution in [0.1, 0.15) is 52.1 Å². The van der Waals surface area contributed by atoms with Crippen LogP contribution in [0, 0.1) is 0 Å². The minimum atomic E-state index is -0.581. The molecule has 0 aliphatic carbocycles. The Balaban J connectivity index is 2.74. The molecule has 1 aromatic carbocycles. The highest BCUT2D eigenvalue weighted by molar-refractivity contribution is 6.30. The second-order valence-electron chi connectivity index (χ2n) is 5.43. The first-order valence-electron chi connectivity index (χ1n) is 7.37. The van der Waals surface area contributed by atoms with E-state index in [0.717, 1.165) is 18.4 Å². The quantitative estimate of drug-likeness (QED) is 0.810. The van der Waals surface area contributed by atoms with Crippen molar-refractivity contribution in [2.45, 2.75) is 58.7 Å². The van der Waals surface area contributed by atoms with Crippen LogP contribution in [0.25, 0.3) is 0 Å². The van der Waals surface area contributed by atoms with Crippen molar-refractivity contribution in [1.82, 2.24) is 5.32 Å². The normalized spacial score (nSPS) is 15.1. The van der Waals surface area contributed by atoms with Gasteiger partial charge in [0.05, 0.1) is 0 Å². The van der Waals surface area contributed by atoms with Crippen molar-refractivity contribution < 1.29 is 9.53 Å². The van der Waals surface area contributed by atoms with Crippen molar-refractivity contribution in [3.63, 3.8) is 0 Å². The highest BCUT2D eigenvalue weighted by Gasteiger charge is 2.19. The summed E-state index contributed by atoms with van der Waals surface area (Å²) in [6.07, 6.45) is 1.40. The fourth-order valence-electron chi connectivity index (χ4n) is 2.09. The van der Waals surface area contributed by atoms with E-state index in [1.807, 2.05) is 13.8 Å². The number of ether oxygens (including phenoxy) is 1.